The molecule has 0 heterocycles. The number of anilines is 1. The molecule has 0 saturated heterocycles. The third-order valence-electron chi connectivity index (χ3n) is 3.49. The third-order valence-corrected chi connectivity index (χ3v) is 3.49. The molecule has 2 aromatic carbocycles. The number of carbonyl (C=O) groups is 3. The fraction of sp³-hybridized carbons (Fsp3) is 0.211. The first-order chi connectivity index (χ1) is 12.1. The van der Waals surface area contributed by atoms with E-state index in [1.165, 1.54) is 7.11 Å². The van der Waals surface area contributed by atoms with Gasteiger partial charge in [0.1, 0.15) is 6.42 Å². The lowest BCUT2D eigenvalue weighted by molar-refractivity contribution is -0.126. The van der Waals surface area contributed by atoms with Crippen molar-refractivity contribution < 1.29 is 19.1 Å². The predicted octanol–water partition coefficient (Wildman–Crippen LogP) is 2.16. The lowest BCUT2D eigenvalue weighted by Crippen LogP contribution is -2.29. The largest absolute Gasteiger partial charge is 0.465 e. The molecule has 0 aliphatic carbocycles. The zero-order chi connectivity index (χ0) is 18.1. The second kappa shape index (κ2) is 9.22. The molecule has 2 amide bonds. The summed E-state index contributed by atoms with van der Waals surface area (Å²) in [5.74, 6) is -1.20. The Labute approximate surface area is 146 Å². The van der Waals surface area contributed by atoms with Gasteiger partial charge in [-0.05, 0) is 36.2 Å². The standard InChI is InChI=1S/C19H20N2O4/c1-25-19(24)15-7-9-16(10-8-15)21-18(23)13-17(22)20-12-11-14-5-3-2-4-6-14/h2-10H,11-13H2,1H3,(H,20,22)(H,21,23). The fourth-order valence-corrected chi connectivity index (χ4v) is 2.21. The molecule has 0 aromatic heterocycles. The molecule has 2 rings (SSSR count). The van der Waals surface area contributed by atoms with E-state index in [1.54, 1.807) is 24.3 Å². The third kappa shape index (κ3) is 6.10. The van der Waals surface area contributed by atoms with Crippen molar-refractivity contribution in [2.24, 2.45) is 0 Å². The number of carbonyl (C=O) groups excluding carboxylic acids is 3. The van der Waals surface area contributed by atoms with Crippen LogP contribution in [0.2, 0.25) is 0 Å². The summed E-state index contributed by atoms with van der Waals surface area (Å²) >= 11 is 0. The zero-order valence-electron chi connectivity index (χ0n) is 14.0. The fourth-order valence-electron chi connectivity index (χ4n) is 2.21. The van der Waals surface area contributed by atoms with Crippen molar-refractivity contribution in [1.82, 2.24) is 5.32 Å². The highest BCUT2D eigenvalue weighted by Gasteiger charge is 2.10. The van der Waals surface area contributed by atoms with E-state index in [9.17, 15) is 14.4 Å². The summed E-state index contributed by atoms with van der Waals surface area (Å²) in [5.41, 5.74) is 2.02. The van der Waals surface area contributed by atoms with E-state index in [2.05, 4.69) is 15.4 Å². The van der Waals surface area contributed by atoms with E-state index < -0.39 is 11.9 Å². The molecular weight excluding hydrogens is 320 g/mol. The number of esters is 1. The highest BCUT2D eigenvalue weighted by Crippen LogP contribution is 2.10. The average Bonchev–Trinajstić information content (AvgIpc) is 2.62. The van der Waals surface area contributed by atoms with Crippen molar-refractivity contribution in [3.63, 3.8) is 0 Å². The summed E-state index contributed by atoms with van der Waals surface area (Å²) in [4.78, 5) is 35.0. The Morgan fingerprint density at radius 1 is 0.920 bits per heavy atom. The Bertz CT molecular complexity index is 727. The van der Waals surface area contributed by atoms with E-state index in [0.717, 1.165) is 5.56 Å². The maximum atomic E-state index is 11.9. The second-order valence-electron chi connectivity index (χ2n) is 5.38. The minimum atomic E-state index is -0.448. The number of hydrogen-bond donors (Lipinski definition) is 2. The summed E-state index contributed by atoms with van der Waals surface area (Å²) in [5, 5.41) is 5.33. The van der Waals surface area contributed by atoms with Gasteiger partial charge in [0.25, 0.3) is 0 Å². The van der Waals surface area contributed by atoms with Crippen LogP contribution in [0.1, 0.15) is 22.3 Å². The Hall–Kier alpha value is -3.15. The van der Waals surface area contributed by atoms with Crippen molar-refractivity contribution >= 4 is 23.5 Å². The van der Waals surface area contributed by atoms with Crippen LogP contribution in [0, 0.1) is 0 Å². The molecule has 0 spiro atoms. The van der Waals surface area contributed by atoms with Gasteiger partial charge in [-0.15, -0.1) is 0 Å². The highest BCUT2D eigenvalue weighted by atomic mass is 16.5. The first kappa shape index (κ1) is 18.2. The average molecular weight is 340 g/mol. The smallest absolute Gasteiger partial charge is 0.337 e. The lowest BCUT2D eigenvalue weighted by Gasteiger charge is -2.07. The van der Waals surface area contributed by atoms with Gasteiger partial charge in [0, 0.05) is 12.2 Å². The van der Waals surface area contributed by atoms with Gasteiger partial charge >= 0.3 is 5.97 Å². The van der Waals surface area contributed by atoms with Crippen LogP contribution in [-0.4, -0.2) is 31.4 Å². The van der Waals surface area contributed by atoms with E-state index in [4.69, 9.17) is 0 Å². The Kier molecular flexibility index (Phi) is 6.71. The molecule has 0 bridgehead atoms. The van der Waals surface area contributed by atoms with Crippen molar-refractivity contribution in [2.45, 2.75) is 12.8 Å². The summed E-state index contributed by atoms with van der Waals surface area (Å²) in [6.45, 7) is 0.476. The van der Waals surface area contributed by atoms with E-state index >= 15 is 0 Å². The molecule has 25 heavy (non-hydrogen) atoms. The summed E-state index contributed by atoms with van der Waals surface area (Å²) in [6, 6.07) is 16.0. The van der Waals surface area contributed by atoms with Crippen LogP contribution < -0.4 is 10.6 Å². The van der Waals surface area contributed by atoms with Gasteiger partial charge in [0.15, 0.2) is 0 Å². The van der Waals surface area contributed by atoms with E-state index in [0.29, 0.717) is 24.2 Å². The molecule has 2 N–H and O–H groups in total. The Morgan fingerprint density at radius 3 is 2.24 bits per heavy atom. The summed E-state index contributed by atoms with van der Waals surface area (Å²) in [7, 11) is 1.30. The molecule has 6 nitrogen and oxygen atoms in total. The van der Waals surface area contributed by atoms with Gasteiger partial charge in [-0.25, -0.2) is 4.79 Å². The van der Waals surface area contributed by atoms with E-state index in [-0.39, 0.29) is 12.3 Å². The molecule has 0 aliphatic rings. The minimum Gasteiger partial charge on any atom is -0.465 e. The molecule has 0 saturated carbocycles. The van der Waals surface area contributed by atoms with Gasteiger partial charge in [-0.3, -0.25) is 9.59 Å². The minimum absolute atomic E-state index is 0.256. The molecule has 0 radical (unpaired) electrons. The van der Waals surface area contributed by atoms with Crippen LogP contribution in [0.5, 0.6) is 0 Å². The summed E-state index contributed by atoms with van der Waals surface area (Å²) < 4.78 is 4.60. The number of methoxy groups -OCH3 is 1. The molecule has 0 fully saturated rings. The first-order valence-corrected chi connectivity index (χ1v) is 7.87. The van der Waals surface area contributed by atoms with Gasteiger partial charge in [-0.1, -0.05) is 30.3 Å². The van der Waals surface area contributed by atoms with Crippen LogP contribution in [0.15, 0.2) is 54.6 Å². The van der Waals surface area contributed by atoms with Crippen LogP contribution in [0.25, 0.3) is 0 Å². The van der Waals surface area contributed by atoms with Gasteiger partial charge in [-0.2, -0.15) is 0 Å². The van der Waals surface area contributed by atoms with Crippen LogP contribution in [0.4, 0.5) is 5.69 Å². The van der Waals surface area contributed by atoms with Crippen LogP contribution in [0.3, 0.4) is 0 Å². The van der Waals surface area contributed by atoms with Gasteiger partial charge in [0.05, 0.1) is 12.7 Å². The monoisotopic (exact) mass is 340 g/mol. The number of ether oxygens (including phenoxy) is 1. The first-order valence-electron chi connectivity index (χ1n) is 7.87. The zero-order valence-corrected chi connectivity index (χ0v) is 14.0. The number of benzene rings is 2. The number of nitrogens with one attached hydrogen (secondary N) is 2. The topological polar surface area (TPSA) is 84.5 Å². The van der Waals surface area contributed by atoms with E-state index in [1.807, 2.05) is 30.3 Å². The number of rotatable bonds is 7. The molecule has 0 atom stereocenters. The van der Waals surface area contributed by atoms with Crippen molar-refractivity contribution in [1.29, 1.82) is 0 Å². The quantitative estimate of drug-likeness (QED) is 0.597. The van der Waals surface area contributed by atoms with Gasteiger partial charge in [0.2, 0.25) is 11.8 Å². The maximum absolute atomic E-state index is 11.9. The molecule has 2 aromatic rings. The predicted molar refractivity (Wildman–Crippen MR) is 94.2 cm³/mol. The van der Waals surface area contributed by atoms with Crippen LogP contribution in [-0.2, 0) is 20.7 Å². The SMILES string of the molecule is COC(=O)c1ccc(NC(=O)CC(=O)NCCc2ccccc2)cc1. The highest BCUT2D eigenvalue weighted by molar-refractivity contribution is 6.03. The molecule has 0 aliphatic heterocycles. The molecule has 130 valence electrons. The van der Waals surface area contributed by atoms with Crippen molar-refractivity contribution in [3.05, 3.63) is 65.7 Å². The summed E-state index contributed by atoms with van der Waals surface area (Å²) in [6.07, 6.45) is 0.455. The normalized spacial score (nSPS) is 9.96. The van der Waals surface area contributed by atoms with Gasteiger partial charge < -0.3 is 15.4 Å². The van der Waals surface area contributed by atoms with Crippen molar-refractivity contribution in [2.75, 3.05) is 19.0 Å². The lowest BCUT2D eigenvalue weighted by atomic mass is 10.1. The number of amides is 2. The second-order valence-corrected chi connectivity index (χ2v) is 5.38. The number of hydrogen-bond acceptors (Lipinski definition) is 4. The molecular formula is C19H20N2O4. The maximum Gasteiger partial charge on any atom is 0.337 e. The van der Waals surface area contributed by atoms with Crippen molar-refractivity contribution in [3.8, 4) is 0 Å². The Balaban J connectivity index is 1.73. The van der Waals surface area contributed by atoms with Crippen LogP contribution >= 0.6 is 0 Å². The molecule has 0 unspecified atom stereocenters. The molecule has 6 heteroatoms. The Morgan fingerprint density at radius 2 is 1.60 bits per heavy atom.